The molecule has 164 valence electrons. The van der Waals surface area contributed by atoms with Crippen molar-refractivity contribution in [2.75, 3.05) is 4.72 Å². The molecule has 12 heteroatoms. The van der Waals surface area contributed by atoms with Crippen molar-refractivity contribution in [3.63, 3.8) is 0 Å². The van der Waals surface area contributed by atoms with Crippen LogP contribution in [0.25, 0.3) is 0 Å². The van der Waals surface area contributed by atoms with Gasteiger partial charge in [0, 0.05) is 23.4 Å². The number of anilines is 1. The van der Waals surface area contributed by atoms with Crippen molar-refractivity contribution in [1.82, 2.24) is 10.9 Å². The molecular formula is C20H16N4O7S. The van der Waals surface area contributed by atoms with E-state index < -0.39 is 26.8 Å². The SMILES string of the molecule is O=C(NNC(=O)c1ccccc1O)c1ccc(NS(=O)(=O)c2cccc([N+](=O)[O-])c2)cc1. The van der Waals surface area contributed by atoms with Gasteiger partial charge in [-0.3, -0.25) is 35.3 Å². The quantitative estimate of drug-likeness (QED) is 0.325. The Morgan fingerprint density at radius 1 is 0.875 bits per heavy atom. The molecule has 0 aliphatic heterocycles. The highest BCUT2D eigenvalue weighted by Gasteiger charge is 2.18. The summed E-state index contributed by atoms with van der Waals surface area (Å²) in [5, 5.41) is 20.5. The molecule has 3 aromatic carbocycles. The van der Waals surface area contributed by atoms with Crippen molar-refractivity contribution >= 4 is 33.2 Å². The van der Waals surface area contributed by atoms with E-state index in [9.17, 15) is 33.2 Å². The Balaban J connectivity index is 1.65. The summed E-state index contributed by atoms with van der Waals surface area (Å²) in [5.74, 6) is -1.65. The van der Waals surface area contributed by atoms with Crippen LogP contribution in [0.15, 0.2) is 77.7 Å². The molecule has 0 radical (unpaired) electrons. The maximum absolute atomic E-state index is 12.5. The van der Waals surface area contributed by atoms with Crippen LogP contribution in [0.4, 0.5) is 11.4 Å². The molecule has 0 saturated carbocycles. The lowest BCUT2D eigenvalue weighted by Crippen LogP contribution is -2.41. The smallest absolute Gasteiger partial charge is 0.273 e. The average Bonchev–Trinajstić information content (AvgIpc) is 2.78. The number of benzene rings is 3. The third-order valence-corrected chi connectivity index (χ3v) is 5.56. The van der Waals surface area contributed by atoms with Crippen LogP contribution >= 0.6 is 0 Å². The van der Waals surface area contributed by atoms with Gasteiger partial charge in [-0.1, -0.05) is 18.2 Å². The van der Waals surface area contributed by atoms with Crippen LogP contribution in [-0.4, -0.2) is 30.3 Å². The van der Waals surface area contributed by atoms with Gasteiger partial charge >= 0.3 is 0 Å². The number of nitrogens with one attached hydrogen (secondary N) is 3. The molecule has 4 N–H and O–H groups in total. The van der Waals surface area contributed by atoms with Gasteiger partial charge < -0.3 is 5.11 Å². The van der Waals surface area contributed by atoms with Crippen molar-refractivity contribution in [2.45, 2.75) is 4.90 Å². The van der Waals surface area contributed by atoms with Gasteiger partial charge in [0.1, 0.15) is 5.75 Å². The highest BCUT2D eigenvalue weighted by atomic mass is 32.2. The van der Waals surface area contributed by atoms with Crippen molar-refractivity contribution < 1.29 is 28.0 Å². The second-order valence-electron chi connectivity index (χ2n) is 6.36. The first-order valence-corrected chi connectivity index (χ1v) is 10.4. The van der Waals surface area contributed by atoms with Crippen LogP contribution in [0.3, 0.4) is 0 Å². The Bertz CT molecular complexity index is 1290. The molecule has 0 saturated heterocycles. The molecule has 0 aromatic heterocycles. The van der Waals surface area contributed by atoms with Crippen LogP contribution in [0.1, 0.15) is 20.7 Å². The van der Waals surface area contributed by atoms with Gasteiger partial charge in [0.15, 0.2) is 0 Å². The lowest BCUT2D eigenvalue weighted by atomic mass is 10.2. The van der Waals surface area contributed by atoms with Crippen molar-refractivity contribution in [1.29, 1.82) is 0 Å². The van der Waals surface area contributed by atoms with Gasteiger partial charge in [-0.25, -0.2) is 8.42 Å². The van der Waals surface area contributed by atoms with E-state index in [-0.39, 0.29) is 33.1 Å². The number of hydrogen-bond donors (Lipinski definition) is 4. The first kappa shape index (κ1) is 22.2. The van der Waals surface area contributed by atoms with E-state index in [2.05, 4.69) is 15.6 Å². The molecule has 0 unspecified atom stereocenters. The second-order valence-corrected chi connectivity index (χ2v) is 8.05. The Labute approximate surface area is 181 Å². The summed E-state index contributed by atoms with van der Waals surface area (Å²) in [4.78, 5) is 34.1. The number of phenolic OH excluding ortho intramolecular Hbond substituents is 1. The number of nitro benzene ring substituents is 1. The van der Waals surface area contributed by atoms with Gasteiger partial charge in [0.25, 0.3) is 27.5 Å². The Morgan fingerprint density at radius 3 is 2.19 bits per heavy atom. The normalized spacial score (nSPS) is 10.8. The number of nitrogens with zero attached hydrogens (tertiary/aromatic N) is 1. The Morgan fingerprint density at radius 2 is 1.53 bits per heavy atom. The van der Waals surface area contributed by atoms with Crippen molar-refractivity contribution in [3.05, 3.63) is 94.0 Å². The fourth-order valence-electron chi connectivity index (χ4n) is 2.59. The minimum absolute atomic E-state index is 0.0290. The van der Waals surface area contributed by atoms with E-state index in [4.69, 9.17) is 0 Å². The number of rotatable bonds is 6. The summed E-state index contributed by atoms with van der Waals surface area (Å²) in [6.45, 7) is 0. The molecule has 0 spiro atoms. The number of hydrogen-bond acceptors (Lipinski definition) is 7. The molecule has 11 nitrogen and oxygen atoms in total. The highest BCUT2D eigenvalue weighted by molar-refractivity contribution is 7.92. The van der Waals surface area contributed by atoms with Crippen LogP contribution < -0.4 is 15.6 Å². The molecule has 0 atom stereocenters. The average molecular weight is 456 g/mol. The minimum Gasteiger partial charge on any atom is -0.507 e. The summed E-state index contributed by atoms with van der Waals surface area (Å²) in [5.41, 5.74) is 4.17. The minimum atomic E-state index is -4.09. The Hall–Kier alpha value is -4.45. The fraction of sp³-hybridized carbons (Fsp3) is 0. The molecule has 0 bridgehead atoms. The van der Waals surface area contributed by atoms with Crippen LogP contribution in [0.2, 0.25) is 0 Å². The maximum atomic E-state index is 12.5. The second kappa shape index (κ2) is 9.14. The lowest BCUT2D eigenvalue weighted by molar-refractivity contribution is -0.385. The molecule has 2 amide bonds. The molecule has 0 heterocycles. The van der Waals surface area contributed by atoms with Crippen LogP contribution in [-0.2, 0) is 10.0 Å². The van der Waals surface area contributed by atoms with Crippen molar-refractivity contribution in [2.24, 2.45) is 0 Å². The number of amides is 2. The number of carbonyl (C=O) groups is 2. The van der Waals surface area contributed by atoms with Crippen LogP contribution in [0.5, 0.6) is 5.75 Å². The standard InChI is InChI=1S/C20H16N4O7S/c25-18-7-2-1-6-17(18)20(27)22-21-19(26)13-8-10-14(11-9-13)23-32(30,31)16-5-3-4-15(12-16)24(28)29/h1-12,23,25H,(H,21,26)(H,22,27). The van der Waals surface area contributed by atoms with Gasteiger partial charge in [0.2, 0.25) is 0 Å². The number of aromatic hydroxyl groups is 1. The van der Waals surface area contributed by atoms with E-state index in [1.54, 1.807) is 12.1 Å². The number of para-hydroxylation sites is 1. The number of hydrazine groups is 1. The number of sulfonamides is 1. The van der Waals surface area contributed by atoms with E-state index in [1.807, 2.05) is 0 Å². The number of nitro groups is 1. The Kier molecular flexibility index (Phi) is 6.35. The van der Waals surface area contributed by atoms with Gasteiger partial charge in [-0.2, -0.15) is 0 Å². The number of non-ortho nitro benzene ring substituents is 1. The summed E-state index contributed by atoms with van der Waals surface area (Å²) < 4.78 is 27.2. The summed E-state index contributed by atoms with van der Waals surface area (Å²) in [7, 11) is -4.09. The van der Waals surface area contributed by atoms with Gasteiger partial charge in [-0.05, 0) is 42.5 Å². The maximum Gasteiger partial charge on any atom is 0.273 e. The van der Waals surface area contributed by atoms with Crippen molar-refractivity contribution in [3.8, 4) is 5.75 Å². The molecule has 32 heavy (non-hydrogen) atoms. The molecule has 0 aliphatic rings. The third kappa shape index (κ3) is 5.17. The number of phenols is 1. The predicted octanol–water partition coefficient (Wildman–Crippen LogP) is 2.18. The van der Waals surface area contributed by atoms with E-state index in [0.717, 1.165) is 6.07 Å². The summed E-state index contributed by atoms with van der Waals surface area (Å²) >= 11 is 0. The fourth-order valence-corrected chi connectivity index (χ4v) is 3.68. The molecule has 0 fully saturated rings. The molecule has 3 aromatic rings. The lowest BCUT2D eigenvalue weighted by Gasteiger charge is -2.10. The zero-order chi connectivity index (χ0) is 23.3. The first-order valence-electron chi connectivity index (χ1n) is 8.93. The predicted molar refractivity (Wildman–Crippen MR) is 113 cm³/mol. The molecule has 0 aliphatic carbocycles. The number of carbonyl (C=O) groups excluding carboxylic acids is 2. The monoisotopic (exact) mass is 456 g/mol. The van der Waals surface area contributed by atoms with E-state index >= 15 is 0 Å². The van der Waals surface area contributed by atoms with E-state index in [1.165, 1.54) is 54.6 Å². The van der Waals surface area contributed by atoms with E-state index in [0.29, 0.717) is 0 Å². The third-order valence-electron chi connectivity index (χ3n) is 4.18. The zero-order valence-electron chi connectivity index (χ0n) is 16.2. The zero-order valence-corrected chi connectivity index (χ0v) is 17.0. The highest BCUT2D eigenvalue weighted by Crippen LogP contribution is 2.21. The molecular weight excluding hydrogens is 440 g/mol. The summed E-state index contributed by atoms with van der Waals surface area (Å²) in [6.07, 6.45) is 0. The largest absolute Gasteiger partial charge is 0.507 e. The first-order chi connectivity index (χ1) is 15.2. The van der Waals surface area contributed by atoms with Gasteiger partial charge in [-0.15, -0.1) is 0 Å². The summed E-state index contributed by atoms with van der Waals surface area (Å²) in [6, 6.07) is 15.6. The van der Waals surface area contributed by atoms with Crippen LogP contribution in [0, 0.1) is 10.1 Å². The van der Waals surface area contributed by atoms with Gasteiger partial charge in [0.05, 0.1) is 15.4 Å². The topological polar surface area (TPSA) is 168 Å². The molecule has 3 rings (SSSR count).